The van der Waals surface area contributed by atoms with Gasteiger partial charge < -0.3 is 5.73 Å². The molecule has 0 aromatic heterocycles. The molecule has 1 aromatic rings. The molecule has 2 N–H and O–H groups in total. The summed E-state index contributed by atoms with van der Waals surface area (Å²) in [5.41, 5.74) is 6.91. The molecule has 2 rings (SSSR count). The maximum atomic E-state index is 12.2. The molecule has 0 spiro atoms. The minimum Gasteiger partial charge on any atom is -0.330 e. The smallest absolute Gasteiger partial charge is 0.256 e. The summed E-state index contributed by atoms with van der Waals surface area (Å²) in [7, 11) is 0. The van der Waals surface area contributed by atoms with Crippen LogP contribution >= 0.6 is 11.6 Å². The minimum atomic E-state index is -0.212. The van der Waals surface area contributed by atoms with Crippen LogP contribution < -0.4 is 10.7 Å². The van der Waals surface area contributed by atoms with Gasteiger partial charge in [-0.05, 0) is 32.0 Å². The van der Waals surface area contributed by atoms with Crippen LogP contribution in [0.1, 0.15) is 13.3 Å². The van der Waals surface area contributed by atoms with Crippen molar-refractivity contribution in [1.82, 2.24) is 0 Å². The van der Waals surface area contributed by atoms with Crippen molar-refractivity contribution in [2.24, 2.45) is 16.8 Å². The molecule has 0 saturated heterocycles. The number of rotatable bonds is 3. The molecular weight excluding hydrogens is 238 g/mol. The van der Waals surface area contributed by atoms with E-state index in [1.54, 1.807) is 12.1 Å². The van der Waals surface area contributed by atoms with Crippen LogP contribution in [0.4, 0.5) is 5.69 Å². The zero-order valence-electron chi connectivity index (χ0n) is 9.56. The Balaban J connectivity index is 2.31. The number of hydrogen-bond donors (Lipinski definition) is 1. The third-order valence-corrected chi connectivity index (χ3v) is 3.12. The first kappa shape index (κ1) is 12.1. The maximum absolute atomic E-state index is 12.2. The van der Waals surface area contributed by atoms with Crippen LogP contribution in [0.2, 0.25) is 5.02 Å². The molecule has 0 saturated carbocycles. The SMILES string of the molecule is CC1=NN(c2ccccc2Cl)C(=O)C1CCN. The standard InChI is InChI=1S/C12H14ClN3O/c1-8-9(6-7-14)12(17)16(15-8)11-5-3-2-4-10(11)13/h2-5,9H,6-7,14H2,1H3. The van der Waals surface area contributed by atoms with Crippen LogP contribution in [0.3, 0.4) is 0 Å². The number of anilines is 1. The van der Waals surface area contributed by atoms with Gasteiger partial charge in [-0.25, -0.2) is 0 Å². The predicted molar refractivity (Wildman–Crippen MR) is 69.2 cm³/mol. The summed E-state index contributed by atoms with van der Waals surface area (Å²) in [5.74, 6) is -0.266. The average Bonchev–Trinajstić information content (AvgIpc) is 2.58. The predicted octanol–water partition coefficient (Wildman–Crippen LogP) is 2.03. The Hall–Kier alpha value is -1.39. The molecular formula is C12H14ClN3O. The van der Waals surface area contributed by atoms with E-state index in [2.05, 4.69) is 5.10 Å². The highest BCUT2D eigenvalue weighted by molar-refractivity contribution is 6.34. The summed E-state index contributed by atoms with van der Waals surface area (Å²) < 4.78 is 0. The average molecular weight is 252 g/mol. The van der Waals surface area contributed by atoms with Crippen molar-refractivity contribution in [2.45, 2.75) is 13.3 Å². The van der Waals surface area contributed by atoms with Crippen molar-refractivity contribution < 1.29 is 4.79 Å². The van der Waals surface area contributed by atoms with E-state index < -0.39 is 0 Å². The third kappa shape index (κ3) is 2.18. The number of carbonyl (C=O) groups excluding carboxylic acids is 1. The van der Waals surface area contributed by atoms with E-state index in [4.69, 9.17) is 17.3 Å². The van der Waals surface area contributed by atoms with Crippen LogP contribution in [0, 0.1) is 5.92 Å². The quantitative estimate of drug-likeness (QED) is 0.894. The lowest BCUT2D eigenvalue weighted by Gasteiger charge is -2.15. The van der Waals surface area contributed by atoms with Crippen molar-refractivity contribution >= 4 is 28.9 Å². The molecule has 1 atom stereocenters. The normalized spacial score (nSPS) is 19.7. The van der Waals surface area contributed by atoms with Crippen molar-refractivity contribution in [3.05, 3.63) is 29.3 Å². The Morgan fingerprint density at radius 1 is 1.47 bits per heavy atom. The molecule has 1 aliphatic heterocycles. The second kappa shape index (κ2) is 4.85. The van der Waals surface area contributed by atoms with Crippen LogP contribution in [-0.2, 0) is 4.79 Å². The van der Waals surface area contributed by atoms with Gasteiger partial charge in [0.1, 0.15) is 0 Å². The first-order chi connectivity index (χ1) is 8.15. The van der Waals surface area contributed by atoms with Crippen LogP contribution in [-0.4, -0.2) is 18.2 Å². The molecule has 90 valence electrons. The van der Waals surface area contributed by atoms with E-state index in [0.717, 1.165) is 5.71 Å². The monoisotopic (exact) mass is 251 g/mol. The van der Waals surface area contributed by atoms with Gasteiger partial charge in [-0.3, -0.25) is 4.79 Å². The molecule has 4 nitrogen and oxygen atoms in total. The number of benzene rings is 1. The van der Waals surface area contributed by atoms with Crippen molar-refractivity contribution in [3.63, 3.8) is 0 Å². The number of halogens is 1. The zero-order valence-corrected chi connectivity index (χ0v) is 10.3. The van der Waals surface area contributed by atoms with E-state index in [9.17, 15) is 4.79 Å². The Bertz CT molecular complexity index is 473. The molecule has 1 unspecified atom stereocenters. The Morgan fingerprint density at radius 3 is 2.82 bits per heavy atom. The molecule has 0 bridgehead atoms. The van der Waals surface area contributed by atoms with Crippen molar-refractivity contribution in [1.29, 1.82) is 0 Å². The molecule has 1 aliphatic rings. The van der Waals surface area contributed by atoms with Crippen molar-refractivity contribution in [3.8, 4) is 0 Å². The summed E-state index contributed by atoms with van der Waals surface area (Å²) in [4.78, 5) is 12.2. The maximum Gasteiger partial charge on any atom is 0.256 e. The molecule has 5 heteroatoms. The topological polar surface area (TPSA) is 58.7 Å². The molecule has 1 aromatic carbocycles. The second-order valence-electron chi connectivity index (χ2n) is 3.97. The lowest BCUT2D eigenvalue weighted by molar-refractivity contribution is -0.119. The highest BCUT2D eigenvalue weighted by Crippen LogP contribution is 2.30. The number of nitrogens with two attached hydrogens (primary N) is 1. The van der Waals surface area contributed by atoms with E-state index in [0.29, 0.717) is 23.7 Å². The highest BCUT2D eigenvalue weighted by atomic mass is 35.5. The molecule has 1 heterocycles. The van der Waals surface area contributed by atoms with E-state index in [-0.39, 0.29) is 11.8 Å². The van der Waals surface area contributed by atoms with E-state index in [1.165, 1.54) is 5.01 Å². The fraction of sp³-hybridized carbons (Fsp3) is 0.333. The number of para-hydroxylation sites is 1. The van der Waals surface area contributed by atoms with Gasteiger partial charge in [-0.15, -0.1) is 0 Å². The number of amides is 1. The summed E-state index contributed by atoms with van der Waals surface area (Å²) in [5, 5.41) is 6.15. The van der Waals surface area contributed by atoms with E-state index >= 15 is 0 Å². The van der Waals surface area contributed by atoms with Crippen molar-refractivity contribution in [2.75, 3.05) is 11.6 Å². The first-order valence-electron chi connectivity index (χ1n) is 5.49. The highest BCUT2D eigenvalue weighted by Gasteiger charge is 2.34. The molecule has 0 radical (unpaired) electrons. The Labute approximate surface area is 105 Å². The van der Waals surface area contributed by atoms with Gasteiger partial charge in [0.05, 0.1) is 16.6 Å². The Kier molecular flexibility index (Phi) is 3.45. The molecule has 0 fully saturated rings. The van der Waals surface area contributed by atoms with Gasteiger partial charge in [0.15, 0.2) is 0 Å². The van der Waals surface area contributed by atoms with Gasteiger partial charge >= 0.3 is 0 Å². The van der Waals surface area contributed by atoms with E-state index in [1.807, 2.05) is 19.1 Å². The lowest BCUT2D eigenvalue weighted by Crippen LogP contribution is -2.28. The number of carbonyl (C=O) groups is 1. The summed E-state index contributed by atoms with van der Waals surface area (Å²) in [6.45, 7) is 2.31. The van der Waals surface area contributed by atoms with Crippen LogP contribution in [0.15, 0.2) is 29.4 Å². The molecule has 17 heavy (non-hydrogen) atoms. The minimum absolute atomic E-state index is 0.0546. The third-order valence-electron chi connectivity index (χ3n) is 2.80. The number of nitrogens with zero attached hydrogens (tertiary/aromatic N) is 2. The van der Waals surface area contributed by atoms with Gasteiger partial charge in [0.25, 0.3) is 5.91 Å². The molecule has 0 aliphatic carbocycles. The summed E-state index contributed by atoms with van der Waals surface area (Å²) in [6, 6.07) is 7.17. The summed E-state index contributed by atoms with van der Waals surface area (Å²) >= 11 is 6.05. The summed E-state index contributed by atoms with van der Waals surface area (Å²) in [6.07, 6.45) is 0.620. The number of hydrogen-bond acceptors (Lipinski definition) is 3. The van der Waals surface area contributed by atoms with Gasteiger partial charge in [0, 0.05) is 5.71 Å². The Morgan fingerprint density at radius 2 is 2.18 bits per heavy atom. The van der Waals surface area contributed by atoms with Gasteiger partial charge in [0.2, 0.25) is 0 Å². The zero-order chi connectivity index (χ0) is 12.4. The van der Waals surface area contributed by atoms with Gasteiger partial charge in [-0.2, -0.15) is 10.1 Å². The van der Waals surface area contributed by atoms with Gasteiger partial charge in [-0.1, -0.05) is 23.7 Å². The van der Waals surface area contributed by atoms with Crippen LogP contribution in [0.5, 0.6) is 0 Å². The largest absolute Gasteiger partial charge is 0.330 e. The molecule has 1 amide bonds. The lowest BCUT2D eigenvalue weighted by atomic mass is 10.0. The number of hydrazone groups is 1. The second-order valence-corrected chi connectivity index (χ2v) is 4.38. The fourth-order valence-corrected chi connectivity index (χ4v) is 2.11. The fourth-order valence-electron chi connectivity index (χ4n) is 1.90. The first-order valence-corrected chi connectivity index (χ1v) is 5.86. The van der Waals surface area contributed by atoms with Crippen LogP contribution in [0.25, 0.3) is 0 Å².